The molecule has 27 heavy (non-hydrogen) atoms. The topological polar surface area (TPSA) is 104 Å². The zero-order valence-corrected chi connectivity index (χ0v) is 14.7. The number of nitro benzene ring substituents is 1. The summed E-state index contributed by atoms with van der Waals surface area (Å²) in [6, 6.07) is 3.96. The van der Waals surface area contributed by atoms with Crippen molar-refractivity contribution in [3.63, 3.8) is 0 Å². The number of hydrogen-bond donors (Lipinski definition) is 1. The first-order chi connectivity index (χ1) is 12.8. The van der Waals surface area contributed by atoms with Gasteiger partial charge in [0.25, 0.3) is 11.6 Å². The second kappa shape index (κ2) is 7.11. The molecule has 2 aromatic carbocycles. The summed E-state index contributed by atoms with van der Waals surface area (Å²) in [6.45, 7) is 0. The summed E-state index contributed by atoms with van der Waals surface area (Å²) < 4.78 is 37.3. The highest BCUT2D eigenvalue weighted by Crippen LogP contribution is 2.35. The van der Waals surface area contributed by atoms with Gasteiger partial charge in [-0.1, -0.05) is 11.3 Å². The number of halogens is 2. The summed E-state index contributed by atoms with van der Waals surface area (Å²) >= 11 is 0.832. The number of benzene rings is 2. The van der Waals surface area contributed by atoms with Crippen LogP contribution < -0.4 is 14.8 Å². The molecular weight excluding hydrogens is 384 g/mol. The lowest BCUT2D eigenvalue weighted by atomic mass is 10.1. The normalized spacial score (nSPS) is 10.7. The molecule has 0 unspecified atom stereocenters. The Morgan fingerprint density at radius 1 is 1.19 bits per heavy atom. The SMILES string of the molecule is COc1cc(C(=O)Nc2nc3c(F)cc(F)cc3s2)c([N+](=O)[O-])cc1OC. The van der Waals surface area contributed by atoms with E-state index in [-0.39, 0.29) is 32.4 Å². The largest absolute Gasteiger partial charge is 0.493 e. The van der Waals surface area contributed by atoms with Crippen LogP contribution in [-0.2, 0) is 0 Å². The molecule has 0 radical (unpaired) electrons. The molecule has 1 amide bonds. The molecule has 1 aromatic heterocycles. The van der Waals surface area contributed by atoms with E-state index in [0.717, 1.165) is 29.5 Å². The van der Waals surface area contributed by atoms with Gasteiger partial charge >= 0.3 is 0 Å². The molecule has 3 rings (SSSR count). The van der Waals surface area contributed by atoms with Gasteiger partial charge in [-0.2, -0.15) is 0 Å². The van der Waals surface area contributed by atoms with Crippen LogP contribution in [0, 0.1) is 21.7 Å². The third kappa shape index (κ3) is 3.49. The number of ether oxygens (including phenoxy) is 2. The van der Waals surface area contributed by atoms with E-state index in [1.165, 1.54) is 14.2 Å². The minimum absolute atomic E-state index is 0.0383. The highest BCUT2D eigenvalue weighted by Gasteiger charge is 2.25. The van der Waals surface area contributed by atoms with Crippen LogP contribution >= 0.6 is 11.3 Å². The molecule has 8 nitrogen and oxygen atoms in total. The van der Waals surface area contributed by atoms with Crippen molar-refractivity contribution in [1.82, 2.24) is 4.98 Å². The van der Waals surface area contributed by atoms with E-state index in [9.17, 15) is 23.7 Å². The Hall–Kier alpha value is -3.34. The van der Waals surface area contributed by atoms with Gasteiger partial charge in [0.15, 0.2) is 22.4 Å². The van der Waals surface area contributed by atoms with Gasteiger partial charge < -0.3 is 9.47 Å². The summed E-state index contributed by atoms with van der Waals surface area (Å²) in [5.41, 5.74) is -0.925. The first kappa shape index (κ1) is 18.5. The number of anilines is 1. The molecule has 1 N–H and O–H groups in total. The van der Waals surface area contributed by atoms with Crippen molar-refractivity contribution < 1.29 is 28.0 Å². The fraction of sp³-hybridized carbons (Fsp3) is 0.125. The molecule has 0 fully saturated rings. The highest BCUT2D eigenvalue weighted by molar-refractivity contribution is 7.22. The Labute approximate surface area is 154 Å². The van der Waals surface area contributed by atoms with Crippen molar-refractivity contribution in [1.29, 1.82) is 0 Å². The van der Waals surface area contributed by atoms with Crippen LogP contribution in [0.2, 0.25) is 0 Å². The van der Waals surface area contributed by atoms with Crippen LogP contribution in [0.1, 0.15) is 10.4 Å². The molecule has 1 heterocycles. The number of fused-ring (bicyclic) bond motifs is 1. The molecule has 0 aliphatic carbocycles. The monoisotopic (exact) mass is 395 g/mol. The molecule has 0 aliphatic rings. The van der Waals surface area contributed by atoms with Gasteiger partial charge in [0.2, 0.25) is 0 Å². The lowest BCUT2D eigenvalue weighted by Crippen LogP contribution is -2.14. The van der Waals surface area contributed by atoms with Crippen LogP contribution in [0.3, 0.4) is 0 Å². The smallest absolute Gasteiger partial charge is 0.286 e. The number of aromatic nitrogens is 1. The molecule has 3 aromatic rings. The van der Waals surface area contributed by atoms with Crippen LogP contribution in [0.15, 0.2) is 24.3 Å². The maximum atomic E-state index is 13.7. The zero-order valence-electron chi connectivity index (χ0n) is 13.9. The average molecular weight is 395 g/mol. The second-order valence-corrected chi connectivity index (χ2v) is 6.22. The van der Waals surface area contributed by atoms with Crippen molar-refractivity contribution in [2.24, 2.45) is 0 Å². The molecule has 140 valence electrons. The van der Waals surface area contributed by atoms with Gasteiger partial charge in [-0.3, -0.25) is 20.2 Å². The van der Waals surface area contributed by atoms with E-state index in [1.807, 2.05) is 0 Å². The Morgan fingerprint density at radius 3 is 2.48 bits per heavy atom. The molecule has 0 saturated carbocycles. The Kier molecular flexibility index (Phi) is 4.86. The van der Waals surface area contributed by atoms with E-state index in [2.05, 4.69) is 10.3 Å². The standard InChI is InChI=1S/C16H11F2N3O5S/c1-25-11-5-8(10(21(23)24)6-12(11)26-2)15(22)20-16-19-14-9(18)3-7(17)4-13(14)27-16/h3-6H,1-2H3,(H,19,20,22). The number of carbonyl (C=O) groups is 1. The molecule has 11 heteroatoms. The molecule has 0 atom stereocenters. The second-order valence-electron chi connectivity index (χ2n) is 5.19. The summed E-state index contributed by atoms with van der Waals surface area (Å²) in [4.78, 5) is 27.0. The summed E-state index contributed by atoms with van der Waals surface area (Å²) in [5, 5.41) is 13.6. The lowest BCUT2D eigenvalue weighted by Gasteiger charge is -2.10. The molecule has 0 bridgehead atoms. The van der Waals surface area contributed by atoms with Crippen molar-refractivity contribution in [2.45, 2.75) is 0 Å². The highest BCUT2D eigenvalue weighted by atomic mass is 32.1. The Morgan fingerprint density at radius 2 is 1.85 bits per heavy atom. The maximum absolute atomic E-state index is 13.7. The molecule has 0 saturated heterocycles. The van der Waals surface area contributed by atoms with Crippen molar-refractivity contribution in [3.05, 3.63) is 51.6 Å². The predicted molar refractivity (Wildman–Crippen MR) is 93.7 cm³/mol. The fourth-order valence-electron chi connectivity index (χ4n) is 2.38. The van der Waals surface area contributed by atoms with E-state index >= 15 is 0 Å². The van der Waals surface area contributed by atoms with Crippen LogP contribution in [-0.4, -0.2) is 30.0 Å². The van der Waals surface area contributed by atoms with E-state index in [1.54, 1.807) is 0 Å². The lowest BCUT2D eigenvalue weighted by molar-refractivity contribution is -0.385. The van der Waals surface area contributed by atoms with Crippen molar-refractivity contribution in [2.75, 3.05) is 19.5 Å². The number of rotatable bonds is 5. The average Bonchev–Trinajstić information content (AvgIpc) is 3.02. The quantitative estimate of drug-likeness (QED) is 0.521. The minimum Gasteiger partial charge on any atom is -0.493 e. The number of hydrogen-bond acceptors (Lipinski definition) is 7. The Balaban J connectivity index is 2.01. The maximum Gasteiger partial charge on any atom is 0.286 e. The molecule has 0 aliphatic heterocycles. The van der Waals surface area contributed by atoms with Gasteiger partial charge in [-0.05, 0) is 6.07 Å². The summed E-state index contributed by atoms with van der Waals surface area (Å²) in [5.74, 6) is -2.32. The van der Waals surface area contributed by atoms with Crippen LogP contribution in [0.5, 0.6) is 11.5 Å². The van der Waals surface area contributed by atoms with E-state index < -0.39 is 28.2 Å². The molecule has 0 spiro atoms. The summed E-state index contributed by atoms with van der Waals surface area (Å²) in [7, 11) is 2.62. The van der Waals surface area contributed by atoms with Gasteiger partial charge in [-0.25, -0.2) is 13.8 Å². The third-order valence-electron chi connectivity index (χ3n) is 3.58. The van der Waals surface area contributed by atoms with Crippen molar-refractivity contribution >= 4 is 38.3 Å². The van der Waals surface area contributed by atoms with Crippen LogP contribution in [0.25, 0.3) is 10.2 Å². The third-order valence-corrected chi connectivity index (χ3v) is 4.49. The summed E-state index contributed by atoms with van der Waals surface area (Å²) in [6.07, 6.45) is 0. The zero-order chi connectivity index (χ0) is 19.7. The number of amides is 1. The minimum atomic E-state index is -0.876. The number of carbonyl (C=O) groups excluding carboxylic acids is 1. The van der Waals surface area contributed by atoms with E-state index in [4.69, 9.17) is 9.47 Å². The number of nitrogens with zero attached hydrogens (tertiary/aromatic N) is 2. The number of thiazole rings is 1. The molecular formula is C16H11F2N3O5S. The number of nitro groups is 1. The van der Waals surface area contributed by atoms with Crippen LogP contribution in [0.4, 0.5) is 19.6 Å². The number of methoxy groups -OCH3 is 2. The van der Waals surface area contributed by atoms with Gasteiger partial charge in [0, 0.05) is 12.1 Å². The first-order valence-corrected chi connectivity index (χ1v) is 8.13. The van der Waals surface area contributed by atoms with Gasteiger partial charge in [0.1, 0.15) is 16.9 Å². The van der Waals surface area contributed by atoms with Gasteiger partial charge in [-0.15, -0.1) is 0 Å². The van der Waals surface area contributed by atoms with Crippen molar-refractivity contribution in [3.8, 4) is 11.5 Å². The predicted octanol–water partition coefficient (Wildman–Crippen LogP) is 3.75. The fourth-order valence-corrected chi connectivity index (χ4v) is 3.28. The van der Waals surface area contributed by atoms with Gasteiger partial charge in [0.05, 0.1) is 29.9 Å². The number of nitrogens with one attached hydrogen (secondary N) is 1. The first-order valence-electron chi connectivity index (χ1n) is 7.31. The Bertz CT molecular complexity index is 1070. The van der Waals surface area contributed by atoms with E-state index in [0.29, 0.717) is 6.07 Å².